The van der Waals surface area contributed by atoms with Crippen LogP contribution in [0, 0.1) is 0 Å². The van der Waals surface area contributed by atoms with Crippen LogP contribution in [0.1, 0.15) is 5.56 Å². The lowest BCUT2D eigenvalue weighted by Crippen LogP contribution is -2.42. The average Bonchev–Trinajstić information content (AvgIpc) is 2.58. The number of hydrazone groups is 1. The van der Waals surface area contributed by atoms with Gasteiger partial charge in [-0.1, -0.05) is 39.7 Å². The second-order valence-electron chi connectivity index (χ2n) is 4.92. The van der Waals surface area contributed by atoms with Crippen LogP contribution in [-0.4, -0.2) is 29.9 Å². The number of carbonyl (C=O) groups excluding carboxylic acids is 1. The van der Waals surface area contributed by atoms with E-state index < -0.39 is 12.0 Å². The number of hydrogen-bond donors (Lipinski definition) is 2. The first-order valence-electron chi connectivity index (χ1n) is 6.94. The van der Waals surface area contributed by atoms with Gasteiger partial charge in [-0.15, -0.1) is 0 Å². The fraction of sp³-hybridized carbons (Fsp3) is 0.125. The van der Waals surface area contributed by atoms with Crippen LogP contribution in [0.3, 0.4) is 0 Å². The number of halogens is 2. The van der Waals surface area contributed by atoms with Gasteiger partial charge >= 0.3 is 0 Å². The van der Waals surface area contributed by atoms with E-state index in [4.69, 9.17) is 21.1 Å². The van der Waals surface area contributed by atoms with E-state index in [-0.39, 0.29) is 17.4 Å². The van der Waals surface area contributed by atoms with Crippen molar-refractivity contribution in [3.8, 4) is 17.2 Å². The van der Waals surface area contributed by atoms with Gasteiger partial charge in [0.25, 0.3) is 5.91 Å². The Bertz CT molecular complexity index is 813. The molecule has 1 aliphatic heterocycles. The first kappa shape index (κ1) is 16.6. The summed E-state index contributed by atoms with van der Waals surface area (Å²) in [6.07, 6.45) is 0.485. The van der Waals surface area contributed by atoms with Gasteiger partial charge in [0, 0.05) is 10.0 Å². The van der Waals surface area contributed by atoms with E-state index in [0.717, 1.165) is 0 Å². The summed E-state index contributed by atoms with van der Waals surface area (Å²) in [6, 6.07) is 10.3. The van der Waals surface area contributed by atoms with Gasteiger partial charge in [-0.3, -0.25) is 4.79 Å². The van der Waals surface area contributed by atoms with Gasteiger partial charge in [-0.25, -0.2) is 5.43 Å². The van der Waals surface area contributed by atoms with Crippen molar-refractivity contribution in [3.63, 3.8) is 0 Å². The van der Waals surface area contributed by atoms with Gasteiger partial charge in [0.15, 0.2) is 11.5 Å². The fourth-order valence-corrected chi connectivity index (χ4v) is 2.90. The van der Waals surface area contributed by atoms with Crippen LogP contribution in [0.4, 0.5) is 0 Å². The summed E-state index contributed by atoms with van der Waals surface area (Å²) in [7, 11) is 0. The summed E-state index contributed by atoms with van der Waals surface area (Å²) < 4.78 is 11.7. The van der Waals surface area contributed by atoms with E-state index in [9.17, 15) is 9.90 Å². The summed E-state index contributed by atoms with van der Waals surface area (Å²) in [5.41, 5.74) is 2.72. The van der Waals surface area contributed by atoms with Gasteiger partial charge in [0.1, 0.15) is 12.4 Å². The lowest BCUT2D eigenvalue weighted by molar-refractivity contribution is -0.130. The molecule has 1 heterocycles. The minimum atomic E-state index is -0.809. The number of rotatable bonds is 3. The molecule has 8 heteroatoms. The molecule has 0 saturated carbocycles. The van der Waals surface area contributed by atoms with Crippen molar-refractivity contribution < 1.29 is 19.4 Å². The summed E-state index contributed by atoms with van der Waals surface area (Å²) in [5, 5.41) is 13.8. The third-order valence-corrected chi connectivity index (χ3v) is 3.98. The van der Waals surface area contributed by atoms with Gasteiger partial charge in [-0.2, -0.15) is 5.10 Å². The van der Waals surface area contributed by atoms with Gasteiger partial charge in [-0.05, 0) is 24.3 Å². The molecule has 1 amide bonds. The molecule has 0 aromatic heterocycles. The fourth-order valence-electron chi connectivity index (χ4n) is 2.07. The Balaban J connectivity index is 1.64. The predicted molar refractivity (Wildman–Crippen MR) is 92.9 cm³/mol. The number of carbonyl (C=O) groups is 1. The molecule has 0 bridgehead atoms. The molecule has 1 aliphatic rings. The maximum atomic E-state index is 12.1. The van der Waals surface area contributed by atoms with Crippen LogP contribution in [0.25, 0.3) is 0 Å². The van der Waals surface area contributed by atoms with Crippen molar-refractivity contribution in [3.05, 3.63) is 51.5 Å². The van der Waals surface area contributed by atoms with Crippen LogP contribution in [0.15, 0.2) is 46.0 Å². The largest absolute Gasteiger partial charge is 0.506 e. The molecular formula is C16H12BrClN2O4. The minimum absolute atomic E-state index is 0.0896. The van der Waals surface area contributed by atoms with E-state index in [0.29, 0.717) is 21.5 Å². The zero-order chi connectivity index (χ0) is 17.1. The smallest absolute Gasteiger partial charge is 0.284 e. The predicted octanol–water partition coefficient (Wildman–Crippen LogP) is 3.10. The Morgan fingerprint density at radius 1 is 1.38 bits per heavy atom. The molecule has 0 fully saturated rings. The van der Waals surface area contributed by atoms with E-state index >= 15 is 0 Å². The number of ether oxygens (including phenoxy) is 2. The normalized spacial score (nSPS) is 16.2. The molecule has 24 heavy (non-hydrogen) atoms. The SMILES string of the molecule is O=C(N/N=C\c1cc(Br)cc(Cl)c1O)[C@@H]1COc2ccccc2O1. The molecule has 2 N–H and O–H groups in total. The highest BCUT2D eigenvalue weighted by atomic mass is 79.9. The molecule has 0 aliphatic carbocycles. The lowest BCUT2D eigenvalue weighted by Gasteiger charge is -2.24. The Morgan fingerprint density at radius 2 is 2.12 bits per heavy atom. The zero-order valence-electron chi connectivity index (χ0n) is 12.2. The molecule has 2 aromatic carbocycles. The average molecular weight is 412 g/mol. The monoisotopic (exact) mass is 410 g/mol. The number of hydrogen-bond acceptors (Lipinski definition) is 5. The third kappa shape index (κ3) is 3.63. The lowest BCUT2D eigenvalue weighted by atomic mass is 10.2. The second-order valence-corrected chi connectivity index (χ2v) is 6.25. The highest BCUT2D eigenvalue weighted by Crippen LogP contribution is 2.31. The molecule has 0 spiro atoms. The van der Waals surface area contributed by atoms with Crippen LogP contribution < -0.4 is 14.9 Å². The number of benzene rings is 2. The summed E-state index contributed by atoms with van der Waals surface area (Å²) >= 11 is 9.13. The molecule has 3 rings (SSSR count). The Labute approximate surface area is 151 Å². The van der Waals surface area contributed by atoms with E-state index in [1.54, 1.807) is 30.3 Å². The third-order valence-electron chi connectivity index (χ3n) is 3.24. The Kier molecular flexibility index (Phi) is 4.92. The topological polar surface area (TPSA) is 80.2 Å². The number of aromatic hydroxyl groups is 1. The number of phenols is 1. The van der Waals surface area contributed by atoms with Crippen LogP contribution in [0.2, 0.25) is 5.02 Å². The Hall–Kier alpha value is -2.25. The van der Waals surface area contributed by atoms with Crippen LogP contribution in [-0.2, 0) is 4.79 Å². The number of nitrogens with zero attached hydrogens (tertiary/aromatic N) is 1. The van der Waals surface area contributed by atoms with Crippen LogP contribution >= 0.6 is 27.5 Å². The first-order valence-corrected chi connectivity index (χ1v) is 8.11. The first-order chi connectivity index (χ1) is 11.5. The molecule has 2 aromatic rings. The van der Waals surface area contributed by atoms with Crippen molar-refractivity contribution in [1.82, 2.24) is 5.43 Å². The molecule has 0 radical (unpaired) electrons. The number of nitrogens with one attached hydrogen (secondary N) is 1. The van der Waals surface area contributed by atoms with Crippen molar-refractivity contribution >= 4 is 39.7 Å². The van der Waals surface area contributed by atoms with Gasteiger partial charge in [0.05, 0.1) is 11.2 Å². The van der Waals surface area contributed by atoms with Crippen molar-refractivity contribution in [2.45, 2.75) is 6.10 Å². The number of amides is 1. The summed E-state index contributed by atoms with van der Waals surface area (Å²) in [5.74, 6) is 0.522. The molecule has 6 nitrogen and oxygen atoms in total. The highest BCUT2D eigenvalue weighted by molar-refractivity contribution is 9.10. The van der Waals surface area contributed by atoms with E-state index in [1.165, 1.54) is 6.21 Å². The standard InChI is InChI=1S/C16H12BrClN2O4/c17-10-5-9(15(21)11(18)6-10)7-19-20-16(22)14-8-23-12-3-1-2-4-13(12)24-14/h1-7,14,21H,8H2,(H,20,22)/b19-7-/t14-/m0/s1. The highest BCUT2D eigenvalue weighted by Gasteiger charge is 2.27. The minimum Gasteiger partial charge on any atom is -0.506 e. The molecular weight excluding hydrogens is 400 g/mol. The molecule has 124 valence electrons. The van der Waals surface area contributed by atoms with Gasteiger partial charge in [0.2, 0.25) is 6.10 Å². The quantitative estimate of drug-likeness (QED) is 0.601. The number of fused-ring (bicyclic) bond motifs is 1. The molecule has 0 unspecified atom stereocenters. The van der Waals surface area contributed by atoms with Crippen molar-refractivity contribution in [2.24, 2.45) is 5.10 Å². The molecule has 1 atom stereocenters. The second kappa shape index (κ2) is 7.11. The van der Waals surface area contributed by atoms with Crippen molar-refractivity contribution in [1.29, 1.82) is 0 Å². The van der Waals surface area contributed by atoms with Crippen molar-refractivity contribution in [2.75, 3.05) is 6.61 Å². The maximum Gasteiger partial charge on any atom is 0.284 e. The Morgan fingerprint density at radius 3 is 2.92 bits per heavy atom. The van der Waals surface area contributed by atoms with Gasteiger partial charge < -0.3 is 14.6 Å². The summed E-state index contributed by atoms with van der Waals surface area (Å²) in [6.45, 7) is 0.0896. The molecule has 0 saturated heterocycles. The number of phenolic OH excluding ortho intramolecular Hbond substituents is 1. The van der Waals surface area contributed by atoms with E-state index in [2.05, 4.69) is 26.5 Å². The maximum absolute atomic E-state index is 12.1. The van der Waals surface area contributed by atoms with Crippen LogP contribution in [0.5, 0.6) is 17.2 Å². The zero-order valence-corrected chi connectivity index (χ0v) is 14.5. The number of para-hydroxylation sites is 2. The van der Waals surface area contributed by atoms with E-state index in [1.807, 2.05) is 6.07 Å². The summed E-state index contributed by atoms with van der Waals surface area (Å²) in [4.78, 5) is 12.1.